The lowest BCUT2D eigenvalue weighted by atomic mass is 10.0. The average molecular weight is 585 g/mol. The summed E-state index contributed by atoms with van der Waals surface area (Å²) in [5, 5.41) is 4.17. The van der Waals surface area contributed by atoms with Crippen molar-refractivity contribution in [2.45, 2.75) is 4.90 Å². The Morgan fingerprint density at radius 2 is 1.14 bits per heavy atom. The quantitative estimate of drug-likeness (QED) is 0.162. The van der Waals surface area contributed by atoms with Crippen LogP contribution in [-0.4, -0.2) is 21.2 Å². The molecule has 2 aromatic heterocycles. The molecule has 0 unspecified atom stereocenters. The number of thiol groups is 1. The smallest absolute Gasteiger partial charge is 0.164 e. The number of rotatable bonds is 5. The number of para-hydroxylation sites is 1. The Labute approximate surface area is 259 Å². The van der Waals surface area contributed by atoms with Crippen LogP contribution in [0.1, 0.15) is 5.56 Å². The first-order valence-corrected chi connectivity index (χ1v) is 14.7. The molecule has 0 aliphatic rings. The van der Waals surface area contributed by atoms with Gasteiger partial charge in [-0.25, -0.2) is 15.0 Å². The van der Waals surface area contributed by atoms with Crippen molar-refractivity contribution in [2.24, 2.45) is 4.99 Å². The lowest BCUT2D eigenvalue weighted by molar-refractivity contribution is 0.669. The normalized spacial score (nSPS) is 11.7. The number of benzene rings is 6. The van der Waals surface area contributed by atoms with Gasteiger partial charge in [-0.3, -0.25) is 4.99 Å². The maximum absolute atomic E-state index is 6.17. The van der Waals surface area contributed by atoms with Crippen LogP contribution < -0.4 is 0 Å². The minimum absolute atomic E-state index is 0.579. The highest BCUT2D eigenvalue weighted by molar-refractivity contribution is 7.80. The van der Waals surface area contributed by atoms with Crippen molar-refractivity contribution in [2.75, 3.05) is 0 Å². The van der Waals surface area contributed by atoms with Gasteiger partial charge in [-0.1, -0.05) is 103 Å². The maximum Gasteiger partial charge on any atom is 0.164 e. The van der Waals surface area contributed by atoms with Crippen molar-refractivity contribution in [1.29, 1.82) is 0 Å². The van der Waals surface area contributed by atoms with E-state index in [0.717, 1.165) is 65.5 Å². The fourth-order valence-electron chi connectivity index (χ4n) is 5.47. The zero-order chi connectivity index (χ0) is 29.5. The molecule has 2 heterocycles. The predicted octanol–water partition coefficient (Wildman–Crippen LogP) is 9.96. The van der Waals surface area contributed by atoms with Gasteiger partial charge in [0.1, 0.15) is 11.2 Å². The van der Waals surface area contributed by atoms with Crippen molar-refractivity contribution < 1.29 is 4.42 Å². The van der Waals surface area contributed by atoms with Gasteiger partial charge >= 0.3 is 0 Å². The predicted molar refractivity (Wildman–Crippen MR) is 182 cm³/mol. The zero-order valence-corrected chi connectivity index (χ0v) is 24.3. The molecule has 0 aliphatic heterocycles. The number of furan rings is 1. The largest absolute Gasteiger partial charge is 0.456 e. The molecule has 0 spiro atoms. The summed E-state index contributed by atoms with van der Waals surface area (Å²) in [6.07, 6.45) is 1.87. The van der Waals surface area contributed by atoms with E-state index in [1.54, 1.807) is 0 Å². The van der Waals surface area contributed by atoms with Gasteiger partial charge in [-0.15, -0.1) is 12.6 Å². The zero-order valence-electron chi connectivity index (χ0n) is 23.4. The maximum atomic E-state index is 6.17. The molecule has 0 atom stereocenters. The second kappa shape index (κ2) is 10.9. The lowest BCUT2D eigenvalue weighted by Gasteiger charge is -2.10. The molecule has 0 aliphatic carbocycles. The van der Waals surface area contributed by atoms with E-state index in [2.05, 4.69) is 30.3 Å². The van der Waals surface area contributed by atoms with E-state index in [-0.39, 0.29) is 0 Å². The highest BCUT2D eigenvalue weighted by Gasteiger charge is 2.15. The van der Waals surface area contributed by atoms with Gasteiger partial charge in [-0.05, 0) is 41.3 Å². The van der Waals surface area contributed by atoms with E-state index >= 15 is 0 Å². The third-order valence-corrected chi connectivity index (χ3v) is 8.04. The Kier molecular flexibility index (Phi) is 6.47. The van der Waals surface area contributed by atoms with Crippen LogP contribution >= 0.6 is 12.6 Å². The highest BCUT2D eigenvalue weighted by atomic mass is 32.1. The Morgan fingerprint density at radius 3 is 1.91 bits per heavy atom. The first kappa shape index (κ1) is 26.1. The molecule has 5 nitrogen and oxygen atoms in total. The van der Waals surface area contributed by atoms with Crippen molar-refractivity contribution in [1.82, 2.24) is 15.0 Å². The number of fused-ring (bicyclic) bond motifs is 4. The Bertz CT molecular complexity index is 2350. The van der Waals surface area contributed by atoms with Gasteiger partial charge in [0.2, 0.25) is 0 Å². The van der Waals surface area contributed by atoms with Crippen LogP contribution in [0.5, 0.6) is 0 Å². The molecule has 0 N–H and O–H groups in total. The molecule has 0 saturated heterocycles. The van der Waals surface area contributed by atoms with Crippen molar-refractivity contribution in [3.63, 3.8) is 0 Å². The molecule has 6 heteroatoms. The fourth-order valence-corrected chi connectivity index (χ4v) is 5.72. The van der Waals surface area contributed by atoms with E-state index in [9.17, 15) is 0 Å². The summed E-state index contributed by atoms with van der Waals surface area (Å²) in [4.78, 5) is 20.4. The summed E-state index contributed by atoms with van der Waals surface area (Å²) < 4.78 is 6.17. The summed E-state index contributed by atoms with van der Waals surface area (Å²) in [6.45, 7) is 0. The fraction of sp³-hybridized carbons (Fsp3) is 0. The number of aromatic nitrogens is 3. The summed E-state index contributed by atoms with van der Waals surface area (Å²) >= 11 is 4.71. The third-order valence-electron chi connectivity index (χ3n) is 7.67. The van der Waals surface area contributed by atoms with E-state index < -0.39 is 0 Å². The van der Waals surface area contributed by atoms with Gasteiger partial charge in [0.15, 0.2) is 17.5 Å². The molecule has 0 amide bonds. The van der Waals surface area contributed by atoms with E-state index in [1.165, 1.54) is 0 Å². The molecule has 0 saturated carbocycles. The first-order valence-electron chi connectivity index (χ1n) is 14.3. The summed E-state index contributed by atoms with van der Waals surface area (Å²) in [7, 11) is 0. The van der Waals surface area contributed by atoms with Crippen LogP contribution in [0.15, 0.2) is 148 Å². The van der Waals surface area contributed by atoms with Gasteiger partial charge < -0.3 is 4.42 Å². The van der Waals surface area contributed by atoms with Crippen LogP contribution in [0.3, 0.4) is 0 Å². The molecular formula is C38H24N4OS. The molecule has 8 rings (SSSR count). The number of hydrogen-bond donors (Lipinski definition) is 1. The van der Waals surface area contributed by atoms with Gasteiger partial charge in [0.25, 0.3) is 0 Å². The SMILES string of the molecule is Sc1ccc2cc(-c3nc(-c4ccccc4)nc(-c4ccc5c(c4)oc4ccccc45)n3)ccc2c1N=Cc1ccccc1. The monoisotopic (exact) mass is 584 g/mol. The van der Waals surface area contributed by atoms with Gasteiger partial charge in [0, 0.05) is 44.0 Å². The molecular weight excluding hydrogens is 561 g/mol. The first-order chi connectivity index (χ1) is 21.7. The van der Waals surface area contributed by atoms with Crippen molar-refractivity contribution >= 4 is 57.2 Å². The van der Waals surface area contributed by atoms with E-state index in [1.807, 2.05) is 109 Å². The molecule has 8 aromatic rings. The standard InChI is InChI=1S/C38H24N4OS/c44-34-20-17-26-21-27(15-18-29(26)35(34)39-23-24-9-3-1-4-10-24)37-40-36(25-11-5-2-6-12-25)41-38(42-37)28-16-19-31-30-13-7-8-14-32(30)43-33(31)22-28/h1-23,44H. The second-order valence-corrected chi connectivity index (χ2v) is 11.0. The van der Waals surface area contributed by atoms with Crippen LogP contribution in [0, 0.1) is 0 Å². The topological polar surface area (TPSA) is 64.2 Å². The van der Waals surface area contributed by atoms with Crippen LogP contribution in [0.25, 0.3) is 66.9 Å². The number of aliphatic imine (C=N–C) groups is 1. The van der Waals surface area contributed by atoms with E-state index in [4.69, 9.17) is 37.0 Å². The Morgan fingerprint density at radius 1 is 0.523 bits per heavy atom. The van der Waals surface area contributed by atoms with Crippen molar-refractivity contribution in [3.05, 3.63) is 139 Å². The molecule has 0 radical (unpaired) electrons. The van der Waals surface area contributed by atoms with Crippen LogP contribution in [-0.2, 0) is 0 Å². The molecule has 208 valence electrons. The molecule has 0 fully saturated rings. The Hall–Kier alpha value is -5.59. The van der Waals surface area contributed by atoms with Crippen molar-refractivity contribution in [3.8, 4) is 34.2 Å². The number of hydrogen-bond acceptors (Lipinski definition) is 6. The lowest BCUT2D eigenvalue weighted by Crippen LogP contribution is -2.00. The number of nitrogens with zero attached hydrogens (tertiary/aromatic N) is 4. The second-order valence-electron chi connectivity index (χ2n) is 10.5. The average Bonchev–Trinajstić information content (AvgIpc) is 3.46. The summed E-state index contributed by atoms with van der Waals surface area (Å²) in [6, 6.07) is 44.4. The van der Waals surface area contributed by atoms with Crippen LogP contribution in [0.4, 0.5) is 5.69 Å². The summed E-state index contributed by atoms with van der Waals surface area (Å²) in [5.74, 6) is 1.77. The molecule has 6 aromatic carbocycles. The highest BCUT2D eigenvalue weighted by Crippen LogP contribution is 2.36. The Balaban J connectivity index is 1.26. The summed E-state index contributed by atoms with van der Waals surface area (Å²) in [5.41, 5.74) is 6.16. The van der Waals surface area contributed by atoms with Gasteiger partial charge in [-0.2, -0.15) is 0 Å². The van der Waals surface area contributed by atoms with Gasteiger partial charge in [0.05, 0.1) is 5.69 Å². The minimum Gasteiger partial charge on any atom is -0.456 e. The minimum atomic E-state index is 0.579. The molecule has 0 bridgehead atoms. The third kappa shape index (κ3) is 4.81. The van der Waals surface area contributed by atoms with E-state index in [0.29, 0.717) is 17.5 Å². The van der Waals surface area contributed by atoms with Crippen LogP contribution in [0.2, 0.25) is 0 Å². The molecule has 44 heavy (non-hydrogen) atoms.